The fraction of sp³-hybridized carbons (Fsp3) is 0.500. The summed E-state index contributed by atoms with van der Waals surface area (Å²) in [7, 11) is 0. The van der Waals surface area contributed by atoms with Crippen LogP contribution in [-0.4, -0.2) is 41.4 Å². The number of hydrogen-bond donors (Lipinski definition) is 2. The van der Waals surface area contributed by atoms with E-state index in [2.05, 4.69) is 32.7 Å². The zero-order valence-corrected chi connectivity index (χ0v) is 17.6. The van der Waals surface area contributed by atoms with Gasteiger partial charge in [0.1, 0.15) is 0 Å². The molecule has 0 radical (unpaired) electrons. The number of amides is 2. The molecule has 3 rings (SSSR count). The largest absolute Gasteiger partial charge is 0.466 e. The first kappa shape index (κ1) is 21.0. The maximum Gasteiger partial charge on any atom is 0.321 e. The SMILES string of the molecule is CCOC(=O)C[C@@H](NC(=O)Nc1nnc(N2CCCC[C@@H]2C)s1)c1ccccc1. The standard InChI is InChI=1S/C20H27N5O3S/c1-3-28-17(26)13-16(15-10-5-4-6-11-15)21-18(27)22-19-23-24-20(29-19)25-12-8-7-9-14(25)2/h4-6,10-11,14,16H,3,7-9,12-13H2,1-2H3,(H2,21,22,23,27)/t14-,16+/m0/s1. The van der Waals surface area contributed by atoms with Gasteiger partial charge in [-0.3, -0.25) is 10.1 Å². The molecule has 1 fully saturated rings. The van der Waals surface area contributed by atoms with Crippen LogP contribution >= 0.6 is 11.3 Å². The van der Waals surface area contributed by atoms with Crippen molar-refractivity contribution in [1.82, 2.24) is 15.5 Å². The van der Waals surface area contributed by atoms with Crippen molar-refractivity contribution >= 4 is 33.6 Å². The molecule has 2 N–H and O–H groups in total. The summed E-state index contributed by atoms with van der Waals surface area (Å²) >= 11 is 1.36. The second-order valence-corrected chi connectivity index (χ2v) is 7.95. The lowest BCUT2D eigenvalue weighted by atomic mass is 10.0. The number of anilines is 2. The quantitative estimate of drug-likeness (QED) is 0.667. The van der Waals surface area contributed by atoms with E-state index in [-0.39, 0.29) is 12.4 Å². The molecule has 0 saturated carbocycles. The minimum Gasteiger partial charge on any atom is -0.466 e. The number of rotatable bonds is 7. The van der Waals surface area contributed by atoms with Crippen molar-refractivity contribution in [3.8, 4) is 0 Å². The highest BCUT2D eigenvalue weighted by molar-refractivity contribution is 7.19. The Morgan fingerprint density at radius 2 is 2.07 bits per heavy atom. The van der Waals surface area contributed by atoms with E-state index >= 15 is 0 Å². The molecule has 29 heavy (non-hydrogen) atoms. The smallest absolute Gasteiger partial charge is 0.321 e. The zero-order chi connectivity index (χ0) is 20.6. The maximum atomic E-state index is 12.5. The summed E-state index contributed by atoms with van der Waals surface area (Å²) in [5, 5.41) is 15.2. The summed E-state index contributed by atoms with van der Waals surface area (Å²) in [5.41, 5.74) is 0.829. The van der Waals surface area contributed by atoms with Crippen LogP contribution in [0.2, 0.25) is 0 Å². The normalized spacial score (nSPS) is 17.4. The van der Waals surface area contributed by atoms with Crippen LogP contribution in [0.25, 0.3) is 0 Å². The number of piperidine rings is 1. The van der Waals surface area contributed by atoms with Crippen molar-refractivity contribution in [3.63, 3.8) is 0 Å². The molecule has 2 aromatic rings. The van der Waals surface area contributed by atoms with Crippen molar-refractivity contribution in [2.45, 2.75) is 51.6 Å². The van der Waals surface area contributed by atoms with Crippen LogP contribution in [0.15, 0.2) is 30.3 Å². The fourth-order valence-electron chi connectivity index (χ4n) is 3.38. The van der Waals surface area contributed by atoms with Gasteiger partial charge in [-0.15, -0.1) is 10.2 Å². The summed E-state index contributed by atoms with van der Waals surface area (Å²) in [5.74, 6) is -0.362. The molecule has 156 valence electrons. The predicted molar refractivity (Wildman–Crippen MR) is 113 cm³/mol. The summed E-state index contributed by atoms with van der Waals surface area (Å²) in [6.07, 6.45) is 3.55. The highest BCUT2D eigenvalue weighted by Crippen LogP contribution is 2.29. The van der Waals surface area contributed by atoms with E-state index in [1.165, 1.54) is 17.8 Å². The Kier molecular flexibility index (Phi) is 7.40. The van der Waals surface area contributed by atoms with Crippen LogP contribution in [0.4, 0.5) is 15.1 Å². The molecule has 1 saturated heterocycles. The third-order valence-corrected chi connectivity index (χ3v) is 5.74. The van der Waals surface area contributed by atoms with Gasteiger partial charge in [0.2, 0.25) is 10.3 Å². The Morgan fingerprint density at radius 1 is 1.28 bits per heavy atom. The minimum absolute atomic E-state index is 0.0535. The van der Waals surface area contributed by atoms with Crippen LogP contribution in [0, 0.1) is 0 Å². The van der Waals surface area contributed by atoms with E-state index in [9.17, 15) is 9.59 Å². The Morgan fingerprint density at radius 3 is 2.79 bits per heavy atom. The minimum atomic E-state index is -0.496. The molecule has 2 atom stereocenters. The van der Waals surface area contributed by atoms with E-state index < -0.39 is 12.1 Å². The lowest BCUT2D eigenvalue weighted by Gasteiger charge is -2.32. The summed E-state index contributed by atoms with van der Waals surface area (Å²) in [6, 6.07) is 8.84. The number of nitrogens with zero attached hydrogens (tertiary/aromatic N) is 3. The third kappa shape index (κ3) is 5.90. The average molecular weight is 418 g/mol. The number of urea groups is 1. The van der Waals surface area contributed by atoms with Crippen molar-refractivity contribution < 1.29 is 14.3 Å². The Labute approximate surface area is 174 Å². The second kappa shape index (κ2) is 10.2. The van der Waals surface area contributed by atoms with E-state index in [4.69, 9.17) is 4.74 Å². The Bertz CT molecular complexity index is 813. The van der Waals surface area contributed by atoms with Crippen LogP contribution in [-0.2, 0) is 9.53 Å². The summed E-state index contributed by atoms with van der Waals surface area (Å²) in [4.78, 5) is 26.7. The molecule has 0 unspecified atom stereocenters. The number of aromatic nitrogens is 2. The maximum absolute atomic E-state index is 12.5. The zero-order valence-electron chi connectivity index (χ0n) is 16.8. The molecule has 0 bridgehead atoms. The van der Waals surface area contributed by atoms with Gasteiger partial charge in [0, 0.05) is 12.6 Å². The monoisotopic (exact) mass is 417 g/mol. The number of carbonyl (C=O) groups is 2. The molecular formula is C20H27N5O3S. The summed E-state index contributed by atoms with van der Waals surface area (Å²) in [6.45, 7) is 5.19. The van der Waals surface area contributed by atoms with Gasteiger partial charge >= 0.3 is 12.0 Å². The molecule has 1 aliphatic rings. The highest BCUT2D eigenvalue weighted by Gasteiger charge is 2.23. The molecular weight excluding hydrogens is 390 g/mol. The van der Waals surface area contributed by atoms with Crippen molar-refractivity contribution in [2.24, 2.45) is 0 Å². The van der Waals surface area contributed by atoms with Crippen LogP contribution in [0.1, 0.15) is 51.1 Å². The topological polar surface area (TPSA) is 96.4 Å². The van der Waals surface area contributed by atoms with Gasteiger partial charge in [-0.1, -0.05) is 41.7 Å². The first-order chi connectivity index (χ1) is 14.1. The van der Waals surface area contributed by atoms with Gasteiger partial charge in [-0.25, -0.2) is 4.79 Å². The molecule has 1 aliphatic heterocycles. The molecule has 8 nitrogen and oxygen atoms in total. The van der Waals surface area contributed by atoms with Gasteiger partial charge in [-0.2, -0.15) is 0 Å². The van der Waals surface area contributed by atoms with E-state index in [0.29, 0.717) is 17.8 Å². The number of carbonyl (C=O) groups excluding carboxylic acids is 2. The predicted octanol–water partition coefficient (Wildman–Crippen LogP) is 3.73. The average Bonchev–Trinajstić information content (AvgIpc) is 3.16. The second-order valence-electron chi connectivity index (χ2n) is 7.00. The van der Waals surface area contributed by atoms with Gasteiger partial charge in [0.25, 0.3) is 0 Å². The molecule has 1 aromatic carbocycles. The van der Waals surface area contributed by atoms with Gasteiger partial charge < -0.3 is 15.0 Å². The Hall–Kier alpha value is -2.68. The van der Waals surface area contributed by atoms with E-state index in [1.54, 1.807) is 6.92 Å². The summed E-state index contributed by atoms with van der Waals surface area (Å²) < 4.78 is 5.04. The number of ether oxygens (including phenoxy) is 1. The van der Waals surface area contributed by atoms with Gasteiger partial charge in [0.05, 0.1) is 19.1 Å². The highest BCUT2D eigenvalue weighted by atomic mass is 32.1. The molecule has 0 aliphatic carbocycles. The molecule has 2 amide bonds. The van der Waals surface area contributed by atoms with E-state index in [0.717, 1.165) is 30.1 Å². The van der Waals surface area contributed by atoms with Crippen LogP contribution in [0.5, 0.6) is 0 Å². The lowest BCUT2D eigenvalue weighted by molar-refractivity contribution is -0.143. The molecule has 2 heterocycles. The number of nitrogens with one attached hydrogen (secondary N) is 2. The van der Waals surface area contributed by atoms with Crippen LogP contribution in [0.3, 0.4) is 0 Å². The fourth-order valence-corrected chi connectivity index (χ4v) is 4.25. The van der Waals surface area contributed by atoms with Crippen molar-refractivity contribution in [3.05, 3.63) is 35.9 Å². The Balaban J connectivity index is 1.63. The molecule has 9 heteroatoms. The van der Waals surface area contributed by atoms with Crippen molar-refractivity contribution in [1.29, 1.82) is 0 Å². The number of hydrogen-bond acceptors (Lipinski definition) is 7. The van der Waals surface area contributed by atoms with Crippen molar-refractivity contribution in [2.75, 3.05) is 23.4 Å². The number of benzene rings is 1. The van der Waals surface area contributed by atoms with Crippen LogP contribution < -0.4 is 15.5 Å². The third-order valence-electron chi connectivity index (χ3n) is 4.87. The lowest BCUT2D eigenvalue weighted by Crippen LogP contribution is -2.37. The number of esters is 1. The van der Waals surface area contributed by atoms with E-state index in [1.807, 2.05) is 30.3 Å². The first-order valence-electron chi connectivity index (χ1n) is 9.95. The van der Waals surface area contributed by atoms with Gasteiger partial charge in [0.15, 0.2) is 0 Å². The molecule has 1 aromatic heterocycles. The first-order valence-corrected chi connectivity index (χ1v) is 10.8. The molecule has 0 spiro atoms. The van der Waals surface area contributed by atoms with Gasteiger partial charge in [-0.05, 0) is 38.7 Å².